The van der Waals surface area contributed by atoms with Crippen LogP contribution in [0.3, 0.4) is 0 Å². The number of halogens is 3. The zero-order valence-electron chi connectivity index (χ0n) is 25.7. The maximum atomic E-state index is 14.7. The van der Waals surface area contributed by atoms with Crippen LogP contribution in [0.25, 0.3) is 0 Å². The molecule has 2 amide bonds. The summed E-state index contributed by atoms with van der Waals surface area (Å²) in [5, 5.41) is 0. The highest BCUT2D eigenvalue weighted by Gasteiger charge is 2.45. The molecule has 10 heteroatoms. The van der Waals surface area contributed by atoms with Crippen LogP contribution in [0, 0.1) is 23.4 Å². The molecule has 2 fully saturated rings. The van der Waals surface area contributed by atoms with Gasteiger partial charge in [-0.1, -0.05) is 36.4 Å². The molecule has 0 aliphatic carbocycles. The summed E-state index contributed by atoms with van der Waals surface area (Å²) in [6.07, 6.45) is 3.72. The fourth-order valence-electron chi connectivity index (χ4n) is 7.08. The van der Waals surface area contributed by atoms with E-state index >= 15 is 0 Å². The maximum absolute atomic E-state index is 14.7. The van der Waals surface area contributed by atoms with Crippen molar-refractivity contribution in [1.29, 1.82) is 0 Å². The second kappa shape index (κ2) is 12.5. The number of piperidine rings is 1. The van der Waals surface area contributed by atoms with Gasteiger partial charge in [-0.2, -0.15) is 0 Å². The molecule has 5 atom stereocenters. The summed E-state index contributed by atoms with van der Waals surface area (Å²) in [5.41, 5.74) is 2.91. The predicted molar refractivity (Wildman–Crippen MR) is 167 cm³/mol. The number of benzene rings is 3. The van der Waals surface area contributed by atoms with Gasteiger partial charge in [0.1, 0.15) is 10.6 Å². The van der Waals surface area contributed by atoms with Crippen LogP contribution in [-0.4, -0.2) is 49.0 Å². The first-order chi connectivity index (χ1) is 21.4. The molecule has 45 heavy (non-hydrogen) atoms. The lowest BCUT2D eigenvalue weighted by Gasteiger charge is -2.42. The van der Waals surface area contributed by atoms with Gasteiger partial charge in [0.25, 0.3) is 11.8 Å². The highest BCUT2D eigenvalue weighted by molar-refractivity contribution is 7.90. The second-order valence-corrected chi connectivity index (χ2v) is 15.5. The smallest absolute Gasteiger partial charge is 0.261 e. The molecule has 0 radical (unpaired) electrons. The van der Waals surface area contributed by atoms with Crippen LogP contribution in [0.1, 0.15) is 83.9 Å². The molecule has 0 unspecified atom stereocenters. The summed E-state index contributed by atoms with van der Waals surface area (Å²) in [6.45, 7) is 6.50. The van der Waals surface area contributed by atoms with Crippen molar-refractivity contribution in [2.24, 2.45) is 5.92 Å². The lowest BCUT2D eigenvalue weighted by atomic mass is 9.82. The molecular formula is C35H38F3N3O3S. The van der Waals surface area contributed by atoms with E-state index in [-0.39, 0.29) is 54.4 Å². The monoisotopic (exact) mass is 637 g/mol. The van der Waals surface area contributed by atoms with Gasteiger partial charge in [0.15, 0.2) is 11.6 Å². The van der Waals surface area contributed by atoms with Crippen molar-refractivity contribution in [2.45, 2.75) is 88.8 Å². The molecule has 3 aliphatic heterocycles. The molecule has 6 rings (SSSR count). The summed E-state index contributed by atoms with van der Waals surface area (Å²) in [5.74, 6) is -3.61. The lowest BCUT2D eigenvalue weighted by molar-refractivity contribution is 0.0642. The number of amides is 2. The van der Waals surface area contributed by atoms with Crippen molar-refractivity contribution in [3.63, 3.8) is 0 Å². The van der Waals surface area contributed by atoms with Crippen LogP contribution in [0.4, 0.5) is 13.2 Å². The molecule has 1 N–H and O–H groups in total. The highest BCUT2D eigenvalue weighted by atomic mass is 32.2. The van der Waals surface area contributed by atoms with Crippen molar-refractivity contribution < 1.29 is 27.3 Å². The summed E-state index contributed by atoms with van der Waals surface area (Å²) >= 11 is -1.43. The first-order valence-electron chi connectivity index (χ1n) is 15.5. The zero-order valence-corrected chi connectivity index (χ0v) is 26.5. The third-order valence-electron chi connectivity index (χ3n) is 9.41. The van der Waals surface area contributed by atoms with E-state index in [1.54, 1.807) is 24.3 Å². The average molecular weight is 638 g/mol. The number of hydrogen-bond donors (Lipinski definition) is 1. The third kappa shape index (κ3) is 6.56. The summed E-state index contributed by atoms with van der Waals surface area (Å²) in [7, 11) is 0. The minimum absolute atomic E-state index is 0.0673. The van der Waals surface area contributed by atoms with E-state index in [9.17, 15) is 27.3 Å². The van der Waals surface area contributed by atoms with Gasteiger partial charge >= 0.3 is 0 Å². The number of carbonyl (C=O) groups excluding carboxylic acids is 2. The molecule has 0 aromatic heterocycles. The Morgan fingerprint density at radius 3 is 2.02 bits per heavy atom. The predicted octanol–water partition coefficient (Wildman–Crippen LogP) is 6.31. The van der Waals surface area contributed by atoms with Crippen LogP contribution < -0.4 is 4.72 Å². The quantitative estimate of drug-likeness (QED) is 0.169. The molecule has 238 valence electrons. The van der Waals surface area contributed by atoms with Crippen LogP contribution in [0.2, 0.25) is 0 Å². The largest absolute Gasteiger partial charge is 0.598 e. The molecule has 3 aliphatic rings. The number of nitrogens with zero attached hydrogens (tertiary/aromatic N) is 2. The SMILES string of the molecule is CC(C)(C)[S@+]([O-])N[C@H](Cc1cc(F)c(F)cc1F)[C@@H]1C[C@H]2CC[C@@H](C1)N2Cc1cccc(CN2C(=O)c3ccccc3C2=O)c1. The van der Waals surface area contributed by atoms with Crippen molar-refractivity contribution in [1.82, 2.24) is 14.5 Å². The van der Waals surface area contributed by atoms with Gasteiger partial charge in [0, 0.05) is 36.1 Å². The highest BCUT2D eigenvalue weighted by Crippen LogP contribution is 2.42. The Bertz CT molecular complexity index is 1560. The lowest BCUT2D eigenvalue weighted by Crippen LogP contribution is -2.52. The molecule has 3 aromatic rings. The molecule has 0 spiro atoms. The van der Waals surface area contributed by atoms with Gasteiger partial charge in [-0.05, 0) is 93.7 Å². The van der Waals surface area contributed by atoms with Crippen molar-refractivity contribution >= 4 is 23.2 Å². The van der Waals surface area contributed by atoms with Crippen LogP contribution in [-0.2, 0) is 30.9 Å². The molecule has 2 bridgehead atoms. The van der Waals surface area contributed by atoms with Crippen molar-refractivity contribution in [3.8, 4) is 0 Å². The Labute approximate surface area is 265 Å². The number of nitrogens with one attached hydrogen (secondary N) is 1. The number of hydrogen-bond acceptors (Lipinski definition) is 5. The van der Waals surface area contributed by atoms with E-state index in [2.05, 4.69) is 21.8 Å². The van der Waals surface area contributed by atoms with E-state index in [1.807, 2.05) is 32.9 Å². The Morgan fingerprint density at radius 1 is 0.844 bits per heavy atom. The third-order valence-corrected chi connectivity index (χ3v) is 11.0. The Hall–Kier alpha value is -3.18. The fraction of sp³-hybridized carbons (Fsp3) is 0.429. The summed E-state index contributed by atoms with van der Waals surface area (Å²) in [6, 6.07) is 16.5. The second-order valence-electron chi connectivity index (χ2n) is 13.5. The molecule has 6 nitrogen and oxygen atoms in total. The summed E-state index contributed by atoms with van der Waals surface area (Å²) in [4.78, 5) is 29.6. The van der Waals surface area contributed by atoms with Crippen molar-refractivity contribution in [2.75, 3.05) is 0 Å². The fourth-order valence-corrected chi connectivity index (χ4v) is 7.99. The molecule has 0 saturated carbocycles. The molecule has 3 heterocycles. The zero-order chi connectivity index (χ0) is 32.0. The van der Waals surface area contributed by atoms with Gasteiger partial charge < -0.3 is 4.55 Å². The van der Waals surface area contributed by atoms with Gasteiger partial charge in [0.05, 0.1) is 23.7 Å². The first kappa shape index (κ1) is 31.8. The molecule has 3 aromatic carbocycles. The van der Waals surface area contributed by atoms with E-state index in [0.29, 0.717) is 23.7 Å². The average Bonchev–Trinajstić information content (AvgIpc) is 3.36. The Balaban J connectivity index is 1.15. The summed E-state index contributed by atoms with van der Waals surface area (Å²) < 4.78 is 58.3. The van der Waals surface area contributed by atoms with E-state index in [4.69, 9.17) is 0 Å². The minimum Gasteiger partial charge on any atom is -0.598 e. The van der Waals surface area contributed by atoms with E-state index in [0.717, 1.165) is 42.9 Å². The van der Waals surface area contributed by atoms with Gasteiger partial charge in [0.2, 0.25) is 0 Å². The van der Waals surface area contributed by atoms with Crippen molar-refractivity contribution in [3.05, 3.63) is 106 Å². The first-order valence-corrected chi connectivity index (χ1v) is 16.6. The van der Waals surface area contributed by atoms with Gasteiger partial charge in [-0.25, -0.2) is 13.2 Å². The minimum atomic E-state index is -1.43. The molecular weight excluding hydrogens is 599 g/mol. The standard InChI is InChI=1S/C35H38F3N3O3S/c1-35(2,3)45(44)39-32(17-23-16-30(37)31(38)18-29(23)36)24-14-25-11-12-26(15-24)40(25)19-21-7-6-8-22(13-21)20-41-33(42)27-9-4-5-10-28(27)34(41)43/h4-10,13,16,18,24-26,32,39H,11-12,14-15,17,19-20H2,1-3H3/t24-,25-,26+,32-,45+/m1/s1. The van der Waals surface area contributed by atoms with Gasteiger partial charge in [-0.15, -0.1) is 4.72 Å². The van der Waals surface area contributed by atoms with E-state index in [1.165, 1.54) is 4.90 Å². The maximum Gasteiger partial charge on any atom is 0.261 e. The van der Waals surface area contributed by atoms with E-state index < -0.39 is 33.6 Å². The number of carbonyl (C=O) groups is 2. The number of imide groups is 1. The molecule has 2 saturated heterocycles. The topological polar surface area (TPSA) is 75.7 Å². The van der Waals surface area contributed by atoms with Gasteiger partial charge in [-0.3, -0.25) is 19.4 Å². The normalized spacial score (nSPS) is 23.0. The Morgan fingerprint density at radius 2 is 1.42 bits per heavy atom. The number of fused-ring (bicyclic) bond motifs is 3. The number of rotatable bonds is 9. The van der Waals surface area contributed by atoms with Crippen LogP contribution in [0.15, 0.2) is 60.7 Å². The van der Waals surface area contributed by atoms with Crippen LogP contribution in [0.5, 0.6) is 0 Å². The Kier molecular flexibility index (Phi) is 8.86. The van der Waals surface area contributed by atoms with Crippen LogP contribution >= 0.6 is 0 Å².